The van der Waals surface area contributed by atoms with Crippen LogP contribution in [0.3, 0.4) is 0 Å². The molecule has 0 saturated carbocycles. The predicted molar refractivity (Wildman–Crippen MR) is 116 cm³/mol. The van der Waals surface area contributed by atoms with Gasteiger partial charge >= 0.3 is 0 Å². The minimum Gasteiger partial charge on any atom is -0.493 e. The van der Waals surface area contributed by atoms with E-state index < -0.39 is 5.91 Å². The van der Waals surface area contributed by atoms with Crippen LogP contribution in [0.4, 0.5) is 5.69 Å². The summed E-state index contributed by atoms with van der Waals surface area (Å²) in [4.78, 5) is 30.2. The van der Waals surface area contributed by atoms with E-state index in [1.54, 1.807) is 36.4 Å². The Kier molecular flexibility index (Phi) is 5.84. The quantitative estimate of drug-likeness (QED) is 0.637. The third kappa shape index (κ3) is 4.50. The Bertz CT molecular complexity index is 1100. The summed E-state index contributed by atoms with van der Waals surface area (Å²) in [5.74, 6) is 0.698. The molecular formula is C24H23N3O4. The van der Waals surface area contributed by atoms with Crippen LogP contribution in [0.1, 0.15) is 34.0 Å². The van der Waals surface area contributed by atoms with Crippen LogP contribution < -0.4 is 20.1 Å². The number of nitrogens with two attached hydrogens (primary N) is 1. The summed E-state index contributed by atoms with van der Waals surface area (Å²) >= 11 is 0. The minimum atomic E-state index is -0.519. The minimum absolute atomic E-state index is 0.00149. The van der Waals surface area contributed by atoms with E-state index in [2.05, 4.69) is 4.98 Å². The lowest BCUT2D eigenvalue weighted by molar-refractivity contribution is -0.117. The Morgan fingerprint density at radius 1 is 1.13 bits per heavy atom. The highest BCUT2D eigenvalue weighted by Gasteiger charge is 2.32. The van der Waals surface area contributed by atoms with Crippen LogP contribution in [0.25, 0.3) is 0 Å². The first-order valence-electron chi connectivity index (χ1n) is 9.96. The predicted octanol–water partition coefficient (Wildman–Crippen LogP) is 3.29. The second kappa shape index (κ2) is 8.87. The topological polar surface area (TPSA) is 94.8 Å². The molecule has 2 aromatic carbocycles. The van der Waals surface area contributed by atoms with Gasteiger partial charge < -0.3 is 20.1 Å². The summed E-state index contributed by atoms with van der Waals surface area (Å²) in [6.07, 6.45) is 2.09. The molecule has 1 aromatic heterocycles. The molecule has 4 rings (SSSR count). The van der Waals surface area contributed by atoms with E-state index in [9.17, 15) is 9.59 Å². The van der Waals surface area contributed by atoms with Crippen LogP contribution in [0.5, 0.6) is 11.5 Å². The molecule has 3 aromatic rings. The Morgan fingerprint density at radius 3 is 2.74 bits per heavy atom. The van der Waals surface area contributed by atoms with Crippen molar-refractivity contribution in [1.82, 2.24) is 4.98 Å². The Morgan fingerprint density at radius 2 is 2.00 bits per heavy atom. The van der Waals surface area contributed by atoms with Gasteiger partial charge in [-0.3, -0.25) is 14.6 Å². The number of ether oxygens (including phenoxy) is 2. The van der Waals surface area contributed by atoms with E-state index in [4.69, 9.17) is 15.2 Å². The van der Waals surface area contributed by atoms with Crippen LogP contribution in [0.15, 0.2) is 66.9 Å². The van der Waals surface area contributed by atoms with Gasteiger partial charge in [-0.1, -0.05) is 18.2 Å². The molecule has 0 radical (unpaired) electrons. The van der Waals surface area contributed by atoms with Crippen LogP contribution >= 0.6 is 0 Å². The van der Waals surface area contributed by atoms with Gasteiger partial charge in [0.2, 0.25) is 11.8 Å². The van der Waals surface area contributed by atoms with Crippen molar-refractivity contribution in [2.75, 3.05) is 18.6 Å². The van der Waals surface area contributed by atoms with Crippen molar-refractivity contribution in [2.45, 2.75) is 18.9 Å². The second-order valence-electron chi connectivity index (χ2n) is 7.34. The molecule has 7 heteroatoms. The summed E-state index contributed by atoms with van der Waals surface area (Å²) in [6.45, 7) is 0.823. The maximum Gasteiger partial charge on any atom is 0.248 e. The molecule has 0 spiro atoms. The number of rotatable bonds is 7. The SMILES string of the molecule is COc1ccc(C2CC(=O)N(c3cccc(C(N)=O)c3)C2)cc1OCc1ccccn1. The van der Waals surface area contributed by atoms with Crippen molar-refractivity contribution in [3.8, 4) is 11.5 Å². The highest BCUT2D eigenvalue weighted by molar-refractivity contribution is 5.99. The molecule has 0 aliphatic carbocycles. The van der Waals surface area contributed by atoms with E-state index in [0.29, 0.717) is 42.3 Å². The smallest absolute Gasteiger partial charge is 0.248 e. The molecule has 158 valence electrons. The number of hydrogen-bond acceptors (Lipinski definition) is 5. The number of aromatic nitrogens is 1. The maximum absolute atomic E-state index is 12.7. The fourth-order valence-corrected chi connectivity index (χ4v) is 3.70. The van der Waals surface area contributed by atoms with E-state index in [-0.39, 0.29) is 11.8 Å². The van der Waals surface area contributed by atoms with Crippen LogP contribution in [0.2, 0.25) is 0 Å². The van der Waals surface area contributed by atoms with Crippen molar-refractivity contribution in [3.63, 3.8) is 0 Å². The number of benzene rings is 2. The number of amides is 2. The number of anilines is 1. The fraction of sp³-hybridized carbons (Fsp3) is 0.208. The van der Waals surface area contributed by atoms with Gasteiger partial charge in [0.1, 0.15) is 6.61 Å². The Labute approximate surface area is 180 Å². The first-order chi connectivity index (χ1) is 15.0. The van der Waals surface area contributed by atoms with E-state index >= 15 is 0 Å². The third-order valence-corrected chi connectivity index (χ3v) is 5.33. The number of methoxy groups -OCH3 is 1. The summed E-state index contributed by atoms with van der Waals surface area (Å²) in [6, 6.07) is 18.2. The third-order valence-electron chi connectivity index (χ3n) is 5.33. The lowest BCUT2D eigenvalue weighted by atomic mass is 9.98. The van der Waals surface area contributed by atoms with E-state index in [0.717, 1.165) is 11.3 Å². The normalized spacial score (nSPS) is 15.7. The lowest BCUT2D eigenvalue weighted by Gasteiger charge is -2.18. The van der Waals surface area contributed by atoms with Crippen molar-refractivity contribution in [1.29, 1.82) is 0 Å². The number of nitrogens with zero attached hydrogens (tertiary/aromatic N) is 2. The number of carbonyl (C=O) groups excluding carboxylic acids is 2. The Balaban J connectivity index is 1.53. The number of carbonyl (C=O) groups is 2. The number of hydrogen-bond donors (Lipinski definition) is 1. The van der Waals surface area contributed by atoms with Gasteiger partial charge in [-0.05, 0) is 48.0 Å². The number of primary amides is 1. The van der Waals surface area contributed by atoms with Gasteiger partial charge in [0.15, 0.2) is 11.5 Å². The summed E-state index contributed by atoms with van der Waals surface area (Å²) in [7, 11) is 1.59. The van der Waals surface area contributed by atoms with Crippen molar-refractivity contribution < 1.29 is 19.1 Å². The average Bonchev–Trinajstić information content (AvgIpc) is 3.20. The first kappa shape index (κ1) is 20.4. The van der Waals surface area contributed by atoms with Gasteiger partial charge in [-0.2, -0.15) is 0 Å². The molecule has 1 saturated heterocycles. The summed E-state index contributed by atoms with van der Waals surface area (Å²) < 4.78 is 11.4. The number of pyridine rings is 1. The zero-order valence-corrected chi connectivity index (χ0v) is 17.2. The molecule has 1 atom stereocenters. The molecule has 1 aliphatic rings. The van der Waals surface area contributed by atoms with Gasteiger partial charge in [-0.25, -0.2) is 0 Å². The maximum atomic E-state index is 12.7. The Hall–Kier alpha value is -3.87. The average molecular weight is 417 g/mol. The van der Waals surface area contributed by atoms with E-state index in [1.165, 1.54) is 0 Å². The van der Waals surface area contributed by atoms with Crippen molar-refractivity contribution in [3.05, 3.63) is 83.7 Å². The highest BCUT2D eigenvalue weighted by atomic mass is 16.5. The van der Waals surface area contributed by atoms with Crippen LogP contribution in [-0.4, -0.2) is 30.5 Å². The molecule has 2 heterocycles. The van der Waals surface area contributed by atoms with Gasteiger partial charge in [-0.15, -0.1) is 0 Å². The molecule has 2 N–H and O–H groups in total. The van der Waals surface area contributed by atoms with Crippen LogP contribution in [-0.2, 0) is 11.4 Å². The molecular weight excluding hydrogens is 394 g/mol. The first-order valence-corrected chi connectivity index (χ1v) is 9.96. The zero-order valence-electron chi connectivity index (χ0n) is 17.2. The van der Waals surface area contributed by atoms with Crippen LogP contribution in [0, 0.1) is 0 Å². The molecule has 1 aliphatic heterocycles. The highest BCUT2D eigenvalue weighted by Crippen LogP contribution is 2.37. The standard InChI is InChI=1S/C24H23N3O4/c1-30-21-9-8-16(12-22(21)31-15-19-6-2-3-10-26-19)18-13-23(28)27(14-18)20-7-4-5-17(11-20)24(25)29/h2-12,18H,13-15H2,1H3,(H2,25,29). The monoisotopic (exact) mass is 417 g/mol. The van der Waals surface area contributed by atoms with Gasteiger partial charge in [0.25, 0.3) is 0 Å². The molecule has 7 nitrogen and oxygen atoms in total. The fourth-order valence-electron chi connectivity index (χ4n) is 3.70. The second-order valence-corrected chi connectivity index (χ2v) is 7.34. The largest absolute Gasteiger partial charge is 0.493 e. The molecule has 0 bridgehead atoms. The summed E-state index contributed by atoms with van der Waals surface area (Å²) in [5, 5.41) is 0. The molecule has 31 heavy (non-hydrogen) atoms. The molecule has 1 unspecified atom stereocenters. The molecule has 2 amide bonds. The van der Waals surface area contributed by atoms with Crippen molar-refractivity contribution >= 4 is 17.5 Å². The van der Waals surface area contributed by atoms with Gasteiger partial charge in [0.05, 0.1) is 12.8 Å². The lowest BCUT2D eigenvalue weighted by Crippen LogP contribution is -2.24. The van der Waals surface area contributed by atoms with E-state index in [1.807, 2.05) is 42.5 Å². The summed E-state index contributed by atoms with van der Waals surface area (Å²) in [5.41, 5.74) is 8.22. The zero-order chi connectivity index (χ0) is 21.8. The van der Waals surface area contributed by atoms with Crippen molar-refractivity contribution in [2.24, 2.45) is 5.73 Å². The van der Waals surface area contributed by atoms with Gasteiger partial charge in [0, 0.05) is 36.3 Å². The molecule has 1 fully saturated rings.